The van der Waals surface area contributed by atoms with E-state index in [4.69, 9.17) is 19.0 Å². The van der Waals surface area contributed by atoms with Crippen LogP contribution in [0.4, 0.5) is 13.2 Å². The van der Waals surface area contributed by atoms with E-state index in [0.717, 1.165) is 25.1 Å². The van der Waals surface area contributed by atoms with E-state index >= 15 is 0 Å². The number of fused-ring (bicyclic) bond motifs is 1. The number of carboxylic acids is 1. The zero-order valence-electron chi connectivity index (χ0n) is 18.4. The molecule has 1 fully saturated rings. The Balaban J connectivity index is 2.05. The highest BCUT2D eigenvalue weighted by molar-refractivity contribution is 5.82. The van der Waals surface area contributed by atoms with Gasteiger partial charge in [0.2, 0.25) is 5.91 Å². The quantitative estimate of drug-likeness (QED) is 0.253. The van der Waals surface area contributed by atoms with Crippen molar-refractivity contribution in [2.45, 2.75) is 55.8 Å². The summed E-state index contributed by atoms with van der Waals surface area (Å²) < 4.78 is 55.5. The van der Waals surface area contributed by atoms with Gasteiger partial charge in [0.05, 0.1) is 30.7 Å². The van der Waals surface area contributed by atoms with E-state index in [1.807, 2.05) is 0 Å². The molecule has 0 radical (unpaired) electrons. The largest absolute Gasteiger partial charge is 0.476 e. The number of carbonyl (C=O) groups is 2. The first-order valence-electron chi connectivity index (χ1n) is 10.4. The molecule has 0 bridgehead atoms. The second-order valence-electron chi connectivity index (χ2n) is 8.12. The van der Waals surface area contributed by atoms with Gasteiger partial charge in [0.15, 0.2) is 0 Å². The zero-order valence-corrected chi connectivity index (χ0v) is 18.4. The van der Waals surface area contributed by atoms with Crippen molar-refractivity contribution in [1.29, 1.82) is 0 Å². The van der Waals surface area contributed by atoms with Crippen molar-refractivity contribution in [1.82, 2.24) is 5.32 Å². The van der Waals surface area contributed by atoms with E-state index in [2.05, 4.69) is 5.32 Å². The molecule has 1 amide bonds. The Morgan fingerprint density at radius 3 is 2.50 bits per heavy atom. The third-order valence-electron chi connectivity index (χ3n) is 5.49. The summed E-state index contributed by atoms with van der Waals surface area (Å²) in [5.41, 5.74) is -3.21. The second-order valence-corrected chi connectivity index (χ2v) is 8.12. The monoisotopic (exact) mass is 521 g/mol. The number of rotatable bonds is 7. The van der Waals surface area contributed by atoms with Crippen LogP contribution in [-0.2, 0) is 20.5 Å². The van der Waals surface area contributed by atoms with Crippen LogP contribution in [0.25, 0.3) is 11.0 Å². The Morgan fingerprint density at radius 1 is 1.28 bits per heavy atom. The topological polar surface area (TPSA) is 196 Å². The maximum Gasteiger partial charge on any atom is 0.417 e. The molecule has 1 aliphatic rings. The fourth-order valence-corrected chi connectivity index (χ4v) is 3.86. The molecular weight excluding hydrogens is 499 g/mol. The molecule has 198 valence electrons. The average molecular weight is 521 g/mol. The number of amides is 1. The maximum absolute atomic E-state index is 13.3. The van der Waals surface area contributed by atoms with Gasteiger partial charge in [-0.15, -0.1) is 0 Å². The molecule has 12 nitrogen and oxygen atoms in total. The van der Waals surface area contributed by atoms with Crippen molar-refractivity contribution in [2.75, 3.05) is 6.61 Å². The second kappa shape index (κ2) is 10.0. The molecule has 36 heavy (non-hydrogen) atoms. The lowest BCUT2D eigenvalue weighted by Crippen LogP contribution is -2.68. The van der Waals surface area contributed by atoms with Crippen molar-refractivity contribution in [3.05, 3.63) is 40.2 Å². The first kappa shape index (κ1) is 27.3. The van der Waals surface area contributed by atoms with Crippen LogP contribution in [0.15, 0.2) is 33.5 Å². The van der Waals surface area contributed by atoms with Crippen molar-refractivity contribution in [3.8, 4) is 5.75 Å². The molecule has 1 saturated heterocycles. The number of hydrogen-bond donors (Lipinski definition) is 6. The molecule has 6 N–H and O–H groups in total. The van der Waals surface area contributed by atoms with Gasteiger partial charge in [0, 0.05) is 24.4 Å². The highest BCUT2D eigenvalue weighted by Gasteiger charge is 2.56. The highest BCUT2D eigenvalue weighted by Crippen LogP contribution is 2.38. The standard InChI is InChI=1S/C21H22F3NO11/c1-8(27)25-16-12(28)6-20(19(32)33,36-18(16)17(31)13(29)7-26)35-9-2-3-10-11(21(22,23)24)5-15(30)34-14(10)4-9/h2-5,12-13,16-18,26,28-29,31H,6-7H2,1H3,(H,25,27)(H,32,33)/t12-,13-,16-,17-,18?,20-/m1/s1. The van der Waals surface area contributed by atoms with Gasteiger partial charge in [-0.25, -0.2) is 9.59 Å². The van der Waals surface area contributed by atoms with Crippen molar-refractivity contribution in [3.63, 3.8) is 0 Å². The maximum atomic E-state index is 13.3. The summed E-state index contributed by atoms with van der Waals surface area (Å²) in [5, 5.41) is 51.7. The van der Waals surface area contributed by atoms with Crippen LogP contribution in [0.5, 0.6) is 5.75 Å². The number of carboxylic acid groups (broad SMARTS) is 1. The van der Waals surface area contributed by atoms with Gasteiger partial charge in [0.25, 0.3) is 0 Å². The minimum absolute atomic E-state index is 0.253. The number of ether oxygens (including phenoxy) is 2. The Morgan fingerprint density at radius 2 is 1.94 bits per heavy atom. The predicted octanol–water partition coefficient (Wildman–Crippen LogP) is -0.660. The van der Waals surface area contributed by atoms with E-state index in [9.17, 15) is 48.0 Å². The van der Waals surface area contributed by atoms with Crippen LogP contribution in [0.1, 0.15) is 18.9 Å². The number of aliphatic hydroxyl groups is 4. The molecular formula is C21H22F3NO11. The molecule has 1 aliphatic heterocycles. The number of benzene rings is 1. The Kier molecular flexibility index (Phi) is 7.61. The average Bonchev–Trinajstić information content (AvgIpc) is 2.77. The molecule has 1 aromatic heterocycles. The Labute approximate surface area is 199 Å². The van der Waals surface area contributed by atoms with E-state index in [-0.39, 0.29) is 6.07 Å². The molecule has 0 spiro atoms. The van der Waals surface area contributed by atoms with Crippen LogP contribution in [0, 0.1) is 0 Å². The van der Waals surface area contributed by atoms with Gasteiger partial charge in [-0.05, 0) is 12.1 Å². The molecule has 1 aromatic carbocycles. The molecule has 2 heterocycles. The lowest BCUT2D eigenvalue weighted by molar-refractivity contribution is -0.284. The SMILES string of the molecule is CC(=O)N[C@H]1C([C@H](O)[C@H](O)CO)O[C@@](Oc2ccc3c(C(F)(F)F)cc(=O)oc3c2)(C(=O)O)C[C@H]1O. The van der Waals surface area contributed by atoms with Crippen LogP contribution in [0.2, 0.25) is 0 Å². The van der Waals surface area contributed by atoms with Crippen LogP contribution in [0.3, 0.4) is 0 Å². The molecule has 1 unspecified atom stereocenters. The lowest BCUT2D eigenvalue weighted by atomic mass is 9.88. The Bertz CT molecular complexity index is 1200. The molecule has 6 atom stereocenters. The van der Waals surface area contributed by atoms with Crippen LogP contribution in [-0.4, -0.2) is 80.3 Å². The first-order valence-corrected chi connectivity index (χ1v) is 10.4. The third kappa shape index (κ3) is 5.44. The number of carbonyl (C=O) groups excluding carboxylic acids is 1. The summed E-state index contributed by atoms with van der Waals surface area (Å²) in [6.07, 6.45) is -13.2. The minimum Gasteiger partial charge on any atom is -0.476 e. The van der Waals surface area contributed by atoms with Crippen molar-refractivity contribution >= 4 is 22.8 Å². The summed E-state index contributed by atoms with van der Waals surface area (Å²) >= 11 is 0. The van der Waals surface area contributed by atoms with Gasteiger partial charge in [0.1, 0.15) is 29.6 Å². The summed E-state index contributed by atoms with van der Waals surface area (Å²) in [7, 11) is 0. The fourth-order valence-electron chi connectivity index (χ4n) is 3.86. The third-order valence-corrected chi connectivity index (χ3v) is 5.49. The number of nitrogens with one attached hydrogen (secondary N) is 1. The number of halogens is 3. The number of alkyl halides is 3. The molecule has 2 aromatic rings. The zero-order chi connectivity index (χ0) is 27.0. The molecule has 0 saturated carbocycles. The van der Waals surface area contributed by atoms with Gasteiger partial charge in [-0.3, -0.25) is 4.79 Å². The molecule has 15 heteroatoms. The van der Waals surface area contributed by atoms with E-state index in [0.29, 0.717) is 0 Å². The smallest absolute Gasteiger partial charge is 0.417 e. The fraction of sp³-hybridized carbons (Fsp3) is 0.476. The van der Waals surface area contributed by atoms with Crippen LogP contribution < -0.4 is 15.7 Å². The van der Waals surface area contributed by atoms with Gasteiger partial charge < -0.3 is 44.7 Å². The summed E-state index contributed by atoms with van der Waals surface area (Å²) in [6, 6.07) is 1.42. The van der Waals surface area contributed by atoms with Crippen molar-refractivity contribution in [2.24, 2.45) is 0 Å². The lowest BCUT2D eigenvalue weighted by Gasteiger charge is -2.46. The van der Waals surface area contributed by atoms with E-state index < -0.39 is 95.2 Å². The van der Waals surface area contributed by atoms with Gasteiger partial charge >= 0.3 is 23.6 Å². The highest BCUT2D eigenvalue weighted by atomic mass is 19.4. The predicted molar refractivity (Wildman–Crippen MR) is 111 cm³/mol. The summed E-state index contributed by atoms with van der Waals surface area (Å²) in [4.78, 5) is 35.4. The van der Waals surface area contributed by atoms with E-state index in [1.54, 1.807) is 0 Å². The van der Waals surface area contributed by atoms with Gasteiger partial charge in [-0.1, -0.05) is 0 Å². The number of aliphatic carboxylic acids is 1. The number of aliphatic hydroxyl groups excluding tert-OH is 4. The van der Waals surface area contributed by atoms with Gasteiger partial charge in [-0.2, -0.15) is 13.2 Å². The summed E-state index contributed by atoms with van der Waals surface area (Å²) in [6.45, 7) is 0.0718. The molecule has 0 aliphatic carbocycles. The van der Waals surface area contributed by atoms with Crippen molar-refractivity contribution < 1.29 is 62.2 Å². The normalized spacial score (nSPS) is 26.3. The minimum atomic E-state index is -4.90. The van der Waals surface area contributed by atoms with E-state index in [1.165, 1.54) is 0 Å². The van der Waals surface area contributed by atoms with Crippen LogP contribution >= 0.6 is 0 Å². The Hall–Kier alpha value is -3.24. The summed E-state index contributed by atoms with van der Waals surface area (Å²) in [5.74, 6) is -5.78. The molecule has 3 rings (SSSR count). The first-order chi connectivity index (χ1) is 16.7. The number of hydrogen-bond acceptors (Lipinski definition) is 10.